The molecule has 1 aromatic rings. The van der Waals surface area contributed by atoms with Crippen LogP contribution in [0.2, 0.25) is 5.02 Å². The van der Waals surface area contributed by atoms with Crippen molar-refractivity contribution >= 4 is 17.5 Å². The zero-order valence-corrected chi connectivity index (χ0v) is 9.94. The molecule has 0 saturated heterocycles. The van der Waals surface area contributed by atoms with Gasteiger partial charge in [0.1, 0.15) is 5.82 Å². The van der Waals surface area contributed by atoms with Gasteiger partial charge in [0.25, 0.3) is 0 Å². The minimum absolute atomic E-state index is 0.0896. The van der Waals surface area contributed by atoms with Crippen molar-refractivity contribution in [3.05, 3.63) is 34.6 Å². The molecule has 0 fully saturated rings. The molecule has 16 heavy (non-hydrogen) atoms. The molecule has 0 aliphatic carbocycles. The first kappa shape index (κ1) is 12.9. The average Bonchev–Trinajstić information content (AvgIpc) is 2.29. The summed E-state index contributed by atoms with van der Waals surface area (Å²) in [4.78, 5) is 11.2. The summed E-state index contributed by atoms with van der Waals surface area (Å²) in [6.07, 6.45) is 0. The Labute approximate surface area is 99.0 Å². The third kappa shape index (κ3) is 3.47. The third-order valence-corrected chi connectivity index (χ3v) is 2.53. The molecule has 1 atom stereocenters. The smallest absolute Gasteiger partial charge is 0.236 e. The largest absolute Gasteiger partial charge is 0.358 e. The first-order valence-corrected chi connectivity index (χ1v) is 5.31. The third-order valence-electron chi connectivity index (χ3n) is 2.24. The molecule has 5 heteroatoms. The van der Waals surface area contributed by atoms with Crippen molar-refractivity contribution < 1.29 is 9.18 Å². The zero-order valence-electron chi connectivity index (χ0n) is 9.18. The van der Waals surface area contributed by atoms with E-state index in [2.05, 4.69) is 10.6 Å². The van der Waals surface area contributed by atoms with E-state index in [1.54, 1.807) is 26.1 Å². The van der Waals surface area contributed by atoms with Crippen LogP contribution in [0.3, 0.4) is 0 Å². The van der Waals surface area contributed by atoms with E-state index >= 15 is 0 Å². The molecule has 0 bridgehead atoms. The Morgan fingerprint density at radius 3 is 2.81 bits per heavy atom. The summed E-state index contributed by atoms with van der Waals surface area (Å²) in [5, 5.41) is 5.63. The molecule has 88 valence electrons. The quantitative estimate of drug-likeness (QED) is 0.847. The molecule has 3 nitrogen and oxygen atoms in total. The van der Waals surface area contributed by atoms with Gasteiger partial charge in [-0.05, 0) is 24.6 Å². The van der Waals surface area contributed by atoms with Gasteiger partial charge >= 0.3 is 0 Å². The minimum atomic E-state index is -0.440. The lowest BCUT2D eigenvalue weighted by atomic mass is 10.2. The molecular weight excluding hydrogens is 231 g/mol. The molecule has 1 rings (SSSR count). The summed E-state index contributed by atoms with van der Waals surface area (Å²) in [6, 6.07) is 4.18. The highest BCUT2D eigenvalue weighted by molar-refractivity contribution is 6.30. The van der Waals surface area contributed by atoms with Gasteiger partial charge in [0, 0.05) is 13.6 Å². The highest BCUT2D eigenvalue weighted by Gasteiger charge is 2.09. The van der Waals surface area contributed by atoms with Crippen LogP contribution < -0.4 is 10.6 Å². The Balaban J connectivity index is 2.55. The van der Waals surface area contributed by atoms with Crippen LogP contribution in [0.1, 0.15) is 12.5 Å². The molecule has 0 aliphatic rings. The van der Waals surface area contributed by atoms with E-state index in [9.17, 15) is 9.18 Å². The van der Waals surface area contributed by atoms with Crippen LogP contribution in [0.25, 0.3) is 0 Å². The van der Waals surface area contributed by atoms with Crippen LogP contribution in [0.4, 0.5) is 4.39 Å². The minimum Gasteiger partial charge on any atom is -0.358 e. The van der Waals surface area contributed by atoms with Gasteiger partial charge in [0.2, 0.25) is 5.91 Å². The predicted octanol–water partition coefficient (Wildman–Crippen LogP) is 1.70. The van der Waals surface area contributed by atoms with Crippen molar-refractivity contribution in [2.45, 2.75) is 19.5 Å². The second-order valence-electron chi connectivity index (χ2n) is 3.47. The van der Waals surface area contributed by atoms with E-state index in [1.165, 1.54) is 6.07 Å². The SMILES string of the molecule is CNC(=O)C(C)NCc1ccc(F)c(Cl)c1. The first-order chi connectivity index (χ1) is 7.54. The standard InChI is InChI=1S/C11H14ClFN2O/c1-7(11(16)14-2)15-6-8-3-4-10(13)9(12)5-8/h3-5,7,15H,6H2,1-2H3,(H,14,16). The van der Waals surface area contributed by atoms with Gasteiger partial charge in [-0.25, -0.2) is 4.39 Å². The Morgan fingerprint density at radius 2 is 2.25 bits per heavy atom. The highest BCUT2D eigenvalue weighted by Crippen LogP contribution is 2.15. The van der Waals surface area contributed by atoms with Gasteiger partial charge < -0.3 is 10.6 Å². The maximum Gasteiger partial charge on any atom is 0.236 e. The van der Waals surface area contributed by atoms with Gasteiger partial charge in [-0.2, -0.15) is 0 Å². The monoisotopic (exact) mass is 244 g/mol. The van der Waals surface area contributed by atoms with E-state index in [1.807, 2.05) is 0 Å². The van der Waals surface area contributed by atoms with E-state index in [-0.39, 0.29) is 17.0 Å². The van der Waals surface area contributed by atoms with Gasteiger partial charge in [-0.3, -0.25) is 4.79 Å². The Morgan fingerprint density at radius 1 is 1.56 bits per heavy atom. The van der Waals surface area contributed by atoms with E-state index in [4.69, 9.17) is 11.6 Å². The molecule has 0 aliphatic heterocycles. The molecule has 2 N–H and O–H groups in total. The number of likely N-dealkylation sites (N-methyl/N-ethyl adjacent to an activating group) is 1. The maximum absolute atomic E-state index is 12.9. The van der Waals surface area contributed by atoms with Crippen molar-refractivity contribution in [3.63, 3.8) is 0 Å². The van der Waals surface area contributed by atoms with Crippen LogP contribution in [-0.4, -0.2) is 19.0 Å². The van der Waals surface area contributed by atoms with Gasteiger partial charge in [-0.15, -0.1) is 0 Å². The molecule has 0 spiro atoms. The molecule has 1 aromatic carbocycles. The average molecular weight is 245 g/mol. The lowest BCUT2D eigenvalue weighted by Crippen LogP contribution is -2.40. The second kappa shape index (κ2) is 5.82. The van der Waals surface area contributed by atoms with Gasteiger partial charge in [-0.1, -0.05) is 17.7 Å². The Kier molecular flexibility index (Phi) is 4.71. The number of carbonyl (C=O) groups excluding carboxylic acids is 1. The summed E-state index contributed by atoms with van der Waals surface area (Å²) in [5.74, 6) is -0.530. The molecule has 1 amide bonds. The maximum atomic E-state index is 12.9. The van der Waals surface area contributed by atoms with Crippen molar-refractivity contribution in [3.8, 4) is 0 Å². The van der Waals surface area contributed by atoms with Gasteiger partial charge in [0.15, 0.2) is 0 Å². The summed E-state index contributed by atoms with van der Waals surface area (Å²) in [7, 11) is 1.58. The van der Waals surface area contributed by atoms with E-state index in [0.717, 1.165) is 5.56 Å². The lowest BCUT2D eigenvalue weighted by molar-refractivity contribution is -0.122. The fourth-order valence-electron chi connectivity index (χ4n) is 1.23. The summed E-state index contributed by atoms with van der Waals surface area (Å²) in [6.45, 7) is 2.22. The van der Waals surface area contributed by atoms with Crippen LogP contribution in [0.5, 0.6) is 0 Å². The van der Waals surface area contributed by atoms with Crippen molar-refractivity contribution in [1.29, 1.82) is 0 Å². The molecule has 0 heterocycles. The van der Waals surface area contributed by atoms with Gasteiger partial charge in [0.05, 0.1) is 11.1 Å². The number of halogens is 2. The predicted molar refractivity (Wildman–Crippen MR) is 61.8 cm³/mol. The summed E-state index contributed by atoms with van der Waals surface area (Å²) >= 11 is 5.64. The second-order valence-corrected chi connectivity index (χ2v) is 3.87. The van der Waals surface area contributed by atoms with Crippen LogP contribution in [0.15, 0.2) is 18.2 Å². The Hall–Kier alpha value is -1.13. The number of benzene rings is 1. The van der Waals surface area contributed by atoms with Crippen LogP contribution >= 0.6 is 11.6 Å². The summed E-state index contributed by atoms with van der Waals surface area (Å²) in [5.41, 5.74) is 0.835. The number of hydrogen-bond donors (Lipinski definition) is 2. The Bertz CT molecular complexity index is 384. The normalized spacial score (nSPS) is 12.2. The van der Waals surface area contributed by atoms with Crippen LogP contribution in [-0.2, 0) is 11.3 Å². The number of hydrogen-bond acceptors (Lipinski definition) is 2. The van der Waals surface area contributed by atoms with Crippen LogP contribution in [0, 0.1) is 5.82 Å². The van der Waals surface area contributed by atoms with E-state index in [0.29, 0.717) is 6.54 Å². The number of rotatable bonds is 4. The number of nitrogens with one attached hydrogen (secondary N) is 2. The van der Waals surface area contributed by atoms with Crippen molar-refractivity contribution in [2.24, 2.45) is 0 Å². The fourth-order valence-corrected chi connectivity index (χ4v) is 1.43. The number of amides is 1. The highest BCUT2D eigenvalue weighted by atomic mass is 35.5. The molecule has 0 radical (unpaired) electrons. The molecule has 1 unspecified atom stereocenters. The fraction of sp³-hybridized carbons (Fsp3) is 0.364. The molecule has 0 aromatic heterocycles. The van der Waals surface area contributed by atoms with Crippen molar-refractivity contribution in [2.75, 3.05) is 7.05 Å². The zero-order chi connectivity index (χ0) is 12.1. The van der Waals surface area contributed by atoms with E-state index < -0.39 is 5.82 Å². The molecular formula is C11H14ClFN2O. The number of carbonyl (C=O) groups is 1. The first-order valence-electron chi connectivity index (χ1n) is 4.93. The topological polar surface area (TPSA) is 41.1 Å². The molecule has 0 saturated carbocycles. The lowest BCUT2D eigenvalue weighted by Gasteiger charge is -2.12. The van der Waals surface area contributed by atoms with Crippen molar-refractivity contribution in [1.82, 2.24) is 10.6 Å². The summed E-state index contributed by atoms with van der Waals surface area (Å²) < 4.78 is 12.9.